The van der Waals surface area contributed by atoms with Gasteiger partial charge in [-0.25, -0.2) is 4.39 Å². The molecule has 0 saturated carbocycles. The molecule has 2 rings (SSSR count). The van der Waals surface area contributed by atoms with E-state index in [2.05, 4.69) is 13.0 Å². The average Bonchev–Trinajstić information content (AvgIpc) is 2.99. The maximum Gasteiger partial charge on any atom is 0.188 e. The maximum absolute atomic E-state index is 12.6. The molecule has 3 heteroatoms. The highest BCUT2D eigenvalue weighted by Crippen LogP contribution is 2.23. The first-order chi connectivity index (χ1) is 13.6. The number of ketones is 1. The molecule has 1 atom stereocenters. The smallest absolute Gasteiger partial charge is 0.188 e. The molecule has 0 aromatic heterocycles. The lowest BCUT2D eigenvalue weighted by atomic mass is 10.0. The molecule has 1 aromatic rings. The second-order valence-electron chi connectivity index (χ2n) is 7.43. The Labute approximate surface area is 169 Å². The van der Waals surface area contributed by atoms with Crippen molar-refractivity contribution in [2.24, 2.45) is 0 Å². The van der Waals surface area contributed by atoms with Crippen LogP contribution in [0.1, 0.15) is 75.6 Å². The minimum Gasteiger partial charge on any atom is -0.491 e. The van der Waals surface area contributed by atoms with Crippen LogP contribution in [0.5, 0.6) is 5.75 Å². The maximum atomic E-state index is 12.6. The highest BCUT2D eigenvalue weighted by atomic mass is 19.1. The number of hydrogen-bond acceptors (Lipinski definition) is 2. The lowest BCUT2D eigenvalue weighted by molar-refractivity contribution is 0.103. The van der Waals surface area contributed by atoms with Crippen LogP contribution < -0.4 is 4.74 Å². The quantitative estimate of drug-likeness (QED) is 0.243. The van der Waals surface area contributed by atoms with Gasteiger partial charge in [0.2, 0.25) is 0 Å². The number of carbonyl (C=O) groups is 1. The Morgan fingerprint density at radius 1 is 1.18 bits per heavy atom. The predicted octanol–water partition coefficient (Wildman–Crippen LogP) is 7.17. The van der Waals surface area contributed by atoms with Crippen molar-refractivity contribution in [2.45, 2.75) is 71.3 Å². The minimum absolute atomic E-state index is 0.0223. The van der Waals surface area contributed by atoms with Gasteiger partial charge in [0.25, 0.3) is 0 Å². The van der Waals surface area contributed by atoms with Gasteiger partial charge in [0, 0.05) is 5.56 Å². The summed E-state index contributed by atoms with van der Waals surface area (Å²) in [6, 6.07) is 7.33. The fraction of sp³-hybridized carbons (Fsp3) is 0.480. The van der Waals surface area contributed by atoms with Crippen LogP contribution in [0.15, 0.2) is 59.7 Å². The van der Waals surface area contributed by atoms with E-state index in [1.165, 1.54) is 38.2 Å². The van der Waals surface area contributed by atoms with E-state index in [1.54, 1.807) is 29.9 Å². The highest BCUT2D eigenvalue weighted by Gasteiger charge is 2.12. The first-order valence-electron chi connectivity index (χ1n) is 10.5. The largest absolute Gasteiger partial charge is 0.491 e. The standard InChI is InChI=1S/C25H33FO2/c1-3-22(12-8-9-19-26)25(27)23-15-17-24(18-16-23)28-20(2)13-14-21-10-6-4-5-7-11-21/h3,8-10,15-18,20H,4-7,11-14,19H2,1-2H3/b9-8-,22-3+. The van der Waals surface area contributed by atoms with E-state index >= 15 is 0 Å². The summed E-state index contributed by atoms with van der Waals surface area (Å²) in [6.07, 6.45) is 16.5. The number of allylic oxidation sites excluding steroid dienone is 6. The molecule has 1 unspecified atom stereocenters. The van der Waals surface area contributed by atoms with Crippen LogP contribution in [0.25, 0.3) is 0 Å². The predicted molar refractivity (Wildman–Crippen MR) is 115 cm³/mol. The molecule has 0 spiro atoms. The minimum atomic E-state index is -0.507. The SMILES string of the molecule is C/C=C(\C/C=C\CF)C(=O)c1ccc(OC(C)CCC2=CCCCCC2)cc1. The van der Waals surface area contributed by atoms with Gasteiger partial charge in [0.15, 0.2) is 5.78 Å². The number of halogens is 1. The van der Waals surface area contributed by atoms with Gasteiger partial charge in [-0.15, -0.1) is 0 Å². The van der Waals surface area contributed by atoms with Crippen LogP contribution in [-0.4, -0.2) is 18.6 Å². The molecule has 0 saturated heterocycles. The summed E-state index contributed by atoms with van der Waals surface area (Å²) in [5, 5.41) is 0. The third-order valence-corrected chi connectivity index (χ3v) is 5.19. The average molecular weight is 385 g/mol. The van der Waals surface area contributed by atoms with Crippen LogP contribution in [0.2, 0.25) is 0 Å². The Balaban J connectivity index is 1.86. The molecule has 0 heterocycles. The van der Waals surface area contributed by atoms with Gasteiger partial charge in [-0.3, -0.25) is 4.79 Å². The lowest BCUT2D eigenvalue weighted by Gasteiger charge is -2.16. The van der Waals surface area contributed by atoms with E-state index < -0.39 is 6.67 Å². The number of rotatable bonds is 10. The topological polar surface area (TPSA) is 26.3 Å². The van der Waals surface area contributed by atoms with Gasteiger partial charge in [-0.05, 0) is 88.6 Å². The molecule has 0 aliphatic heterocycles. The molecule has 0 fully saturated rings. The number of alkyl halides is 1. The lowest BCUT2D eigenvalue weighted by Crippen LogP contribution is -2.12. The van der Waals surface area contributed by atoms with Gasteiger partial charge < -0.3 is 4.74 Å². The molecular formula is C25H33FO2. The Bertz CT molecular complexity index is 698. The zero-order chi connectivity index (χ0) is 20.2. The van der Waals surface area contributed by atoms with Gasteiger partial charge in [-0.2, -0.15) is 0 Å². The molecule has 0 N–H and O–H groups in total. The molecular weight excluding hydrogens is 351 g/mol. The number of hydrogen-bond donors (Lipinski definition) is 0. The van der Waals surface area contributed by atoms with Crippen LogP contribution >= 0.6 is 0 Å². The number of ether oxygens (including phenoxy) is 1. The number of benzene rings is 1. The third kappa shape index (κ3) is 7.46. The molecule has 28 heavy (non-hydrogen) atoms. The summed E-state index contributed by atoms with van der Waals surface area (Å²) in [7, 11) is 0. The molecule has 1 aromatic carbocycles. The first-order valence-corrected chi connectivity index (χ1v) is 10.5. The van der Waals surface area contributed by atoms with Crippen LogP contribution in [0.3, 0.4) is 0 Å². The number of carbonyl (C=O) groups excluding carboxylic acids is 1. The van der Waals surface area contributed by atoms with E-state index in [9.17, 15) is 9.18 Å². The van der Waals surface area contributed by atoms with Crippen molar-refractivity contribution in [3.05, 3.63) is 65.3 Å². The molecule has 0 bridgehead atoms. The van der Waals surface area contributed by atoms with Gasteiger partial charge >= 0.3 is 0 Å². The monoisotopic (exact) mass is 384 g/mol. The Hall–Kier alpha value is -2.16. The fourth-order valence-corrected chi connectivity index (χ4v) is 3.47. The Morgan fingerprint density at radius 2 is 1.96 bits per heavy atom. The third-order valence-electron chi connectivity index (χ3n) is 5.19. The normalized spacial score (nSPS) is 16.5. The van der Waals surface area contributed by atoms with E-state index in [4.69, 9.17) is 4.74 Å². The van der Waals surface area contributed by atoms with E-state index in [0.29, 0.717) is 17.6 Å². The van der Waals surface area contributed by atoms with Crippen LogP contribution in [-0.2, 0) is 0 Å². The molecule has 1 aliphatic rings. The summed E-state index contributed by atoms with van der Waals surface area (Å²) < 4.78 is 18.2. The molecule has 2 nitrogen and oxygen atoms in total. The van der Waals surface area contributed by atoms with Crippen molar-refractivity contribution >= 4 is 5.78 Å². The van der Waals surface area contributed by atoms with E-state index in [1.807, 2.05) is 19.1 Å². The molecule has 1 aliphatic carbocycles. The van der Waals surface area contributed by atoms with Crippen molar-refractivity contribution in [2.75, 3.05) is 6.67 Å². The van der Waals surface area contributed by atoms with Crippen molar-refractivity contribution in [3.63, 3.8) is 0 Å². The molecule has 0 radical (unpaired) electrons. The van der Waals surface area contributed by atoms with Crippen LogP contribution in [0.4, 0.5) is 4.39 Å². The van der Waals surface area contributed by atoms with Crippen molar-refractivity contribution in [1.82, 2.24) is 0 Å². The first kappa shape index (κ1) is 22.1. The zero-order valence-corrected chi connectivity index (χ0v) is 17.3. The summed E-state index contributed by atoms with van der Waals surface area (Å²) in [5.41, 5.74) is 2.88. The summed E-state index contributed by atoms with van der Waals surface area (Å²) in [6.45, 7) is 3.43. The van der Waals surface area contributed by atoms with Crippen molar-refractivity contribution < 1.29 is 13.9 Å². The zero-order valence-electron chi connectivity index (χ0n) is 17.3. The highest BCUT2D eigenvalue weighted by molar-refractivity contribution is 6.08. The summed E-state index contributed by atoms with van der Waals surface area (Å²) in [4.78, 5) is 12.6. The summed E-state index contributed by atoms with van der Waals surface area (Å²) >= 11 is 0. The second kappa shape index (κ2) is 12.3. The van der Waals surface area contributed by atoms with Gasteiger partial charge in [-0.1, -0.05) is 36.3 Å². The van der Waals surface area contributed by atoms with Gasteiger partial charge in [0.05, 0.1) is 6.10 Å². The molecule has 152 valence electrons. The van der Waals surface area contributed by atoms with Crippen molar-refractivity contribution in [1.29, 1.82) is 0 Å². The second-order valence-corrected chi connectivity index (χ2v) is 7.43. The fourth-order valence-electron chi connectivity index (χ4n) is 3.47. The molecule has 0 amide bonds. The number of Topliss-reactive ketones (excluding diaryl/α,β-unsaturated/α-hetero) is 1. The van der Waals surface area contributed by atoms with E-state index in [0.717, 1.165) is 18.6 Å². The van der Waals surface area contributed by atoms with Crippen LogP contribution in [0, 0.1) is 0 Å². The Morgan fingerprint density at radius 3 is 2.68 bits per heavy atom. The Kier molecular flexibility index (Phi) is 9.74. The van der Waals surface area contributed by atoms with Gasteiger partial charge in [0.1, 0.15) is 12.4 Å². The van der Waals surface area contributed by atoms with Crippen molar-refractivity contribution in [3.8, 4) is 5.75 Å². The van der Waals surface area contributed by atoms with E-state index in [-0.39, 0.29) is 11.9 Å². The summed E-state index contributed by atoms with van der Waals surface area (Å²) in [5.74, 6) is 0.768.